The van der Waals surface area contributed by atoms with E-state index in [1.165, 1.54) is 11.1 Å². The number of ether oxygens (including phenoxy) is 2. The van der Waals surface area contributed by atoms with Crippen molar-refractivity contribution >= 4 is 12.1 Å². The van der Waals surface area contributed by atoms with E-state index in [0.29, 0.717) is 0 Å². The summed E-state index contributed by atoms with van der Waals surface area (Å²) in [5.74, 6) is -0.496. The van der Waals surface area contributed by atoms with Crippen LogP contribution in [0.5, 0.6) is 0 Å². The maximum atomic E-state index is 12.6. The molecule has 0 heterocycles. The van der Waals surface area contributed by atoms with Crippen molar-refractivity contribution < 1.29 is 19.1 Å². The molecular formula is C25H33NO4. The number of nitrogens with one attached hydrogen (secondary N) is 1. The second-order valence-electron chi connectivity index (χ2n) is 8.72. The minimum atomic E-state index is -0.807. The van der Waals surface area contributed by atoms with Crippen molar-refractivity contribution in [1.29, 1.82) is 0 Å². The zero-order valence-corrected chi connectivity index (χ0v) is 18.8. The summed E-state index contributed by atoms with van der Waals surface area (Å²) in [5.41, 5.74) is 2.85. The van der Waals surface area contributed by atoms with Crippen LogP contribution in [0.15, 0.2) is 54.6 Å². The molecule has 2 rings (SSSR count). The van der Waals surface area contributed by atoms with Crippen LogP contribution in [0, 0.1) is 6.92 Å². The normalized spacial score (nSPS) is 14.3. The molecule has 1 N–H and O–H groups in total. The zero-order valence-electron chi connectivity index (χ0n) is 18.8. The second kappa shape index (κ2) is 10.3. The molecule has 0 aliphatic carbocycles. The zero-order chi connectivity index (χ0) is 22.3. The van der Waals surface area contributed by atoms with Gasteiger partial charge in [-0.3, -0.25) is 0 Å². The van der Waals surface area contributed by atoms with Gasteiger partial charge < -0.3 is 14.8 Å². The summed E-state index contributed by atoms with van der Waals surface area (Å²) in [6, 6.07) is 17.6. The van der Waals surface area contributed by atoms with Crippen LogP contribution in [-0.4, -0.2) is 29.8 Å². The predicted molar refractivity (Wildman–Crippen MR) is 118 cm³/mol. The molecule has 5 heteroatoms. The first-order valence-corrected chi connectivity index (χ1v) is 10.4. The Morgan fingerprint density at radius 2 is 1.57 bits per heavy atom. The van der Waals surface area contributed by atoms with Gasteiger partial charge in [0.2, 0.25) is 0 Å². The minimum Gasteiger partial charge on any atom is -0.460 e. The number of alkyl carbamates (subject to hydrolysis) is 1. The van der Waals surface area contributed by atoms with Gasteiger partial charge in [0.05, 0.1) is 0 Å². The summed E-state index contributed by atoms with van der Waals surface area (Å²) >= 11 is 0. The molecule has 2 aromatic carbocycles. The van der Waals surface area contributed by atoms with Crippen LogP contribution < -0.4 is 5.32 Å². The van der Waals surface area contributed by atoms with Gasteiger partial charge in [-0.25, -0.2) is 9.59 Å². The van der Waals surface area contributed by atoms with Crippen molar-refractivity contribution in [2.45, 2.75) is 71.6 Å². The fourth-order valence-electron chi connectivity index (χ4n) is 3.14. The van der Waals surface area contributed by atoms with E-state index in [2.05, 4.69) is 36.5 Å². The Morgan fingerprint density at radius 3 is 2.13 bits per heavy atom. The second-order valence-corrected chi connectivity index (χ2v) is 8.72. The quantitative estimate of drug-likeness (QED) is 0.639. The van der Waals surface area contributed by atoms with E-state index in [1.807, 2.05) is 37.3 Å². The van der Waals surface area contributed by atoms with Gasteiger partial charge in [0.1, 0.15) is 17.7 Å². The van der Waals surface area contributed by atoms with Crippen LogP contribution in [-0.2, 0) is 20.7 Å². The van der Waals surface area contributed by atoms with Crippen molar-refractivity contribution in [3.63, 3.8) is 0 Å². The molecule has 0 saturated carbocycles. The van der Waals surface area contributed by atoms with Gasteiger partial charge in [0, 0.05) is 5.92 Å². The van der Waals surface area contributed by atoms with Gasteiger partial charge in [-0.15, -0.1) is 0 Å². The lowest BCUT2D eigenvalue weighted by Gasteiger charge is -2.27. The highest BCUT2D eigenvalue weighted by Crippen LogP contribution is 2.27. The molecule has 2 aromatic rings. The summed E-state index contributed by atoms with van der Waals surface area (Å²) in [7, 11) is 0. The molecule has 0 spiro atoms. The topological polar surface area (TPSA) is 64.6 Å². The van der Waals surface area contributed by atoms with Crippen LogP contribution in [0.2, 0.25) is 0 Å². The molecule has 1 amide bonds. The van der Waals surface area contributed by atoms with Gasteiger partial charge >= 0.3 is 12.1 Å². The average Bonchev–Trinajstić information content (AvgIpc) is 2.66. The molecule has 0 saturated heterocycles. The molecule has 0 fully saturated rings. The molecule has 5 nitrogen and oxygen atoms in total. The molecule has 0 aliphatic heterocycles. The van der Waals surface area contributed by atoms with Crippen LogP contribution in [0.1, 0.15) is 57.2 Å². The van der Waals surface area contributed by atoms with Gasteiger partial charge in [-0.2, -0.15) is 0 Å². The molecule has 30 heavy (non-hydrogen) atoms. The maximum Gasteiger partial charge on any atom is 0.408 e. The lowest BCUT2D eigenvalue weighted by Crippen LogP contribution is -2.43. The molecular weight excluding hydrogens is 378 g/mol. The first-order valence-electron chi connectivity index (χ1n) is 10.4. The SMILES string of the molecule is Cc1ccc(C[C@H](c2ccccc2)[C@H](C)OC(=O)[C@H](C)NC(=O)OC(C)(C)C)cc1. The standard InChI is InChI=1S/C25H33NO4/c1-17-12-14-20(15-13-17)16-22(21-10-8-7-9-11-21)19(3)29-23(27)18(2)26-24(28)30-25(4,5)6/h7-15,18-19,22H,16H2,1-6H3,(H,26,28)/t18-,19-,22-/m0/s1. The minimum absolute atomic E-state index is 0.00779. The Morgan fingerprint density at radius 1 is 0.967 bits per heavy atom. The monoisotopic (exact) mass is 411 g/mol. The lowest BCUT2D eigenvalue weighted by atomic mass is 9.87. The summed E-state index contributed by atoms with van der Waals surface area (Å²) in [4.78, 5) is 24.5. The van der Waals surface area contributed by atoms with Gasteiger partial charge in [-0.05, 0) is 59.1 Å². The van der Waals surface area contributed by atoms with Crippen LogP contribution >= 0.6 is 0 Å². The van der Waals surface area contributed by atoms with E-state index in [0.717, 1.165) is 12.0 Å². The van der Waals surface area contributed by atoms with E-state index in [9.17, 15) is 9.59 Å². The number of hydrogen-bond donors (Lipinski definition) is 1. The van der Waals surface area contributed by atoms with Gasteiger partial charge in [0.25, 0.3) is 0 Å². The third-order valence-electron chi connectivity index (χ3n) is 4.76. The van der Waals surface area contributed by atoms with Crippen molar-refractivity contribution in [1.82, 2.24) is 5.32 Å². The summed E-state index contributed by atoms with van der Waals surface area (Å²) < 4.78 is 11.0. The van der Waals surface area contributed by atoms with Crippen LogP contribution in [0.4, 0.5) is 4.79 Å². The van der Waals surface area contributed by atoms with E-state index in [4.69, 9.17) is 9.47 Å². The molecule has 0 radical (unpaired) electrons. The number of hydrogen-bond acceptors (Lipinski definition) is 4. The largest absolute Gasteiger partial charge is 0.460 e. The summed E-state index contributed by atoms with van der Waals surface area (Å²) in [6.07, 6.45) is -0.268. The maximum absolute atomic E-state index is 12.6. The molecule has 0 aliphatic rings. The molecule has 162 valence electrons. The van der Waals surface area contributed by atoms with Crippen LogP contribution in [0.3, 0.4) is 0 Å². The van der Waals surface area contributed by atoms with Crippen LogP contribution in [0.25, 0.3) is 0 Å². The molecule has 0 aromatic heterocycles. The van der Waals surface area contributed by atoms with Crippen molar-refractivity contribution in [3.05, 3.63) is 71.3 Å². The molecule has 0 bridgehead atoms. The van der Waals surface area contributed by atoms with E-state index in [-0.39, 0.29) is 12.0 Å². The predicted octanol–water partition coefficient (Wildman–Crippen LogP) is 5.17. The first kappa shape index (κ1) is 23.5. The van der Waals surface area contributed by atoms with E-state index < -0.39 is 23.7 Å². The number of carbonyl (C=O) groups is 2. The fourth-order valence-corrected chi connectivity index (χ4v) is 3.14. The Labute approximate surface area is 179 Å². The summed E-state index contributed by atoms with van der Waals surface area (Å²) in [5, 5.41) is 2.54. The number of benzene rings is 2. The fraction of sp³-hybridized carbons (Fsp3) is 0.440. The molecule has 3 atom stereocenters. The third-order valence-corrected chi connectivity index (χ3v) is 4.76. The number of carbonyl (C=O) groups excluding carboxylic acids is 2. The van der Waals surface area contributed by atoms with Gasteiger partial charge in [-0.1, -0.05) is 60.2 Å². The Balaban J connectivity index is 2.08. The number of aryl methyl sites for hydroxylation is 1. The van der Waals surface area contributed by atoms with Crippen molar-refractivity contribution in [2.75, 3.05) is 0 Å². The highest BCUT2D eigenvalue weighted by atomic mass is 16.6. The number of rotatable bonds is 7. The first-order chi connectivity index (χ1) is 14.0. The highest BCUT2D eigenvalue weighted by molar-refractivity contribution is 5.81. The summed E-state index contributed by atoms with van der Waals surface area (Å²) in [6.45, 7) is 10.9. The molecule has 0 unspecified atom stereocenters. The highest BCUT2D eigenvalue weighted by Gasteiger charge is 2.27. The Kier molecular flexibility index (Phi) is 8.04. The lowest BCUT2D eigenvalue weighted by molar-refractivity contribution is -0.151. The van der Waals surface area contributed by atoms with Crippen molar-refractivity contribution in [2.24, 2.45) is 0 Å². The smallest absolute Gasteiger partial charge is 0.408 e. The Hall–Kier alpha value is -2.82. The van der Waals surface area contributed by atoms with Gasteiger partial charge in [0.15, 0.2) is 0 Å². The van der Waals surface area contributed by atoms with E-state index in [1.54, 1.807) is 27.7 Å². The van der Waals surface area contributed by atoms with E-state index >= 15 is 0 Å². The van der Waals surface area contributed by atoms with Crippen molar-refractivity contribution in [3.8, 4) is 0 Å². The third kappa shape index (κ3) is 7.54. The number of amides is 1. The average molecular weight is 412 g/mol. The number of esters is 1. The Bertz CT molecular complexity index is 824.